The van der Waals surface area contributed by atoms with Crippen LogP contribution in [0.5, 0.6) is 0 Å². The molecule has 0 bridgehead atoms. The van der Waals surface area contributed by atoms with Gasteiger partial charge in [-0.15, -0.1) is 0 Å². The van der Waals surface area contributed by atoms with Crippen LogP contribution in [0, 0.1) is 5.82 Å². The number of carboxylic acid groups (broad SMARTS) is 1. The second-order valence-electron chi connectivity index (χ2n) is 3.58. The van der Waals surface area contributed by atoms with Gasteiger partial charge < -0.3 is 10.8 Å². The molecule has 0 amide bonds. The lowest BCUT2D eigenvalue weighted by molar-refractivity contribution is -0.138. The Labute approximate surface area is 104 Å². The summed E-state index contributed by atoms with van der Waals surface area (Å²) in [6.07, 6.45) is -5.27. The molecule has 8 heteroatoms. The minimum Gasteiger partial charge on any atom is -0.480 e. The standard InChI is InChI=1S/C10H8ClF4NO2/c11-6-3-5(10(13,14)15)1-4(8(6)12)2-7(16)9(17)18/h1,3,7H,2,16H2,(H,17,18). The van der Waals surface area contributed by atoms with Gasteiger partial charge in [-0.2, -0.15) is 13.2 Å². The highest BCUT2D eigenvalue weighted by Crippen LogP contribution is 2.33. The Hall–Kier alpha value is -1.34. The Morgan fingerprint density at radius 1 is 1.44 bits per heavy atom. The van der Waals surface area contributed by atoms with Crippen LogP contribution in [-0.4, -0.2) is 17.1 Å². The van der Waals surface area contributed by atoms with E-state index in [1.165, 1.54) is 0 Å². The third-order valence-electron chi connectivity index (χ3n) is 2.19. The molecule has 0 fully saturated rings. The van der Waals surface area contributed by atoms with Crippen molar-refractivity contribution in [2.24, 2.45) is 5.73 Å². The van der Waals surface area contributed by atoms with E-state index in [-0.39, 0.29) is 0 Å². The molecule has 0 heterocycles. The second-order valence-corrected chi connectivity index (χ2v) is 3.98. The van der Waals surface area contributed by atoms with Crippen molar-refractivity contribution in [2.75, 3.05) is 0 Å². The zero-order chi connectivity index (χ0) is 14.1. The van der Waals surface area contributed by atoms with E-state index in [4.69, 9.17) is 22.4 Å². The predicted molar refractivity (Wildman–Crippen MR) is 55.7 cm³/mol. The van der Waals surface area contributed by atoms with Crippen LogP contribution in [0.15, 0.2) is 12.1 Å². The number of alkyl halides is 3. The van der Waals surface area contributed by atoms with E-state index in [2.05, 4.69) is 0 Å². The van der Waals surface area contributed by atoms with Crippen molar-refractivity contribution in [2.45, 2.75) is 18.6 Å². The minimum atomic E-state index is -4.70. The van der Waals surface area contributed by atoms with E-state index < -0.39 is 46.6 Å². The third-order valence-corrected chi connectivity index (χ3v) is 2.46. The van der Waals surface area contributed by atoms with Gasteiger partial charge in [0.25, 0.3) is 0 Å². The van der Waals surface area contributed by atoms with E-state index in [1.54, 1.807) is 0 Å². The van der Waals surface area contributed by atoms with Crippen LogP contribution in [0.1, 0.15) is 11.1 Å². The van der Waals surface area contributed by atoms with Crippen LogP contribution in [0.2, 0.25) is 5.02 Å². The molecule has 1 aromatic rings. The quantitative estimate of drug-likeness (QED) is 0.839. The van der Waals surface area contributed by atoms with Gasteiger partial charge in [0.05, 0.1) is 10.6 Å². The maximum atomic E-state index is 13.4. The van der Waals surface area contributed by atoms with Crippen molar-refractivity contribution in [1.29, 1.82) is 0 Å². The first kappa shape index (κ1) is 14.7. The molecule has 1 unspecified atom stereocenters. The minimum absolute atomic E-state index is 0.437. The van der Waals surface area contributed by atoms with E-state index in [0.717, 1.165) is 0 Å². The molecular weight excluding hydrogens is 278 g/mol. The molecule has 0 saturated carbocycles. The normalized spacial score (nSPS) is 13.4. The van der Waals surface area contributed by atoms with Gasteiger partial charge in [-0.3, -0.25) is 4.79 Å². The van der Waals surface area contributed by atoms with Crippen molar-refractivity contribution in [3.63, 3.8) is 0 Å². The summed E-state index contributed by atoms with van der Waals surface area (Å²) in [6.45, 7) is 0. The molecular formula is C10H8ClF4NO2. The fourth-order valence-electron chi connectivity index (χ4n) is 1.28. The lowest BCUT2D eigenvalue weighted by Crippen LogP contribution is -2.32. The van der Waals surface area contributed by atoms with Gasteiger partial charge in [0.2, 0.25) is 0 Å². The largest absolute Gasteiger partial charge is 0.480 e. The highest BCUT2D eigenvalue weighted by atomic mass is 35.5. The number of aliphatic carboxylic acids is 1. The van der Waals surface area contributed by atoms with Crippen LogP contribution >= 0.6 is 11.6 Å². The predicted octanol–water partition coefficient (Wildman–Crippen LogP) is 2.45. The highest BCUT2D eigenvalue weighted by molar-refractivity contribution is 6.30. The molecule has 0 aromatic heterocycles. The average molecular weight is 286 g/mol. The van der Waals surface area contributed by atoms with Crippen molar-refractivity contribution >= 4 is 17.6 Å². The molecule has 1 aromatic carbocycles. The van der Waals surface area contributed by atoms with Crippen molar-refractivity contribution in [1.82, 2.24) is 0 Å². The Morgan fingerprint density at radius 3 is 2.44 bits per heavy atom. The summed E-state index contributed by atoms with van der Waals surface area (Å²) in [5.41, 5.74) is 3.50. The van der Waals surface area contributed by atoms with E-state index in [0.29, 0.717) is 12.1 Å². The smallest absolute Gasteiger partial charge is 0.416 e. The topological polar surface area (TPSA) is 63.3 Å². The average Bonchev–Trinajstić information content (AvgIpc) is 2.22. The molecule has 0 saturated heterocycles. The number of halogens is 5. The Bertz CT molecular complexity index is 476. The number of rotatable bonds is 3. The number of hydrogen-bond acceptors (Lipinski definition) is 2. The molecule has 1 atom stereocenters. The summed E-state index contributed by atoms with van der Waals surface area (Å²) in [5.74, 6) is -2.54. The van der Waals surface area contributed by atoms with Gasteiger partial charge >= 0.3 is 12.1 Å². The SMILES string of the molecule is NC(Cc1cc(C(F)(F)F)cc(Cl)c1F)C(=O)O. The molecule has 3 nitrogen and oxygen atoms in total. The maximum absolute atomic E-state index is 13.4. The highest BCUT2D eigenvalue weighted by Gasteiger charge is 2.32. The van der Waals surface area contributed by atoms with Crippen LogP contribution in [0.4, 0.5) is 17.6 Å². The van der Waals surface area contributed by atoms with Gasteiger partial charge in [0.1, 0.15) is 11.9 Å². The Kier molecular flexibility index (Phi) is 4.18. The van der Waals surface area contributed by atoms with E-state index in [9.17, 15) is 22.4 Å². The summed E-state index contributed by atoms with van der Waals surface area (Å²) in [6, 6.07) is -0.560. The first-order valence-electron chi connectivity index (χ1n) is 4.66. The number of hydrogen-bond donors (Lipinski definition) is 2. The van der Waals surface area contributed by atoms with Crippen molar-refractivity contribution < 1.29 is 27.5 Å². The molecule has 3 N–H and O–H groups in total. The van der Waals surface area contributed by atoms with Gasteiger partial charge in [-0.1, -0.05) is 11.6 Å². The molecule has 18 heavy (non-hydrogen) atoms. The molecule has 1 rings (SSSR count). The van der Waals surface area contributed by atoms with Gasteiger partial charge in [0, 0.05) is 6.42 Å². The first-order chi connectivity index (χ1) is 8.12. The maximum Gasteiger partial charge on any atom is 0.416 e. The molecule has 0 aliphatic carbocycles. The third kappa shape index (κ3) is 3.33. The number of benzene rings is 1. The van der Waals surface area contributed by atoms with Crippen LogP contribution in [0.3, 0.4) is 0 Å². The lowest BCUT2D eigenvalue weighted by atomic mass is 10.0. The van der Waals surface area contributed by atoms with E-state index >= 15 is 0 Å². The monoisotopic (exact) mass is 285 g/mol. The van der Waals surface area contributed by atoms with Crippen LogP contribution < -0.4 is 5.73 Å². The number of carbonyl (C=O) groups is 1. The zero-order valence-electron chi connectivity index (χ0n) is 8.76. The summed E-state index contributed by atoms with van der Waals surface area (Å²) in [4.78, 5) is 10.5. The van der Waals surface area contributed by atoms with Gasteiger partial charge in [0.15, 0.2) is 0 Å². The number of nitrogens with two attached hydrogens (primary N) is 1. The summed E-state index contributed by atoms with van der Waals surface area (Å²) in [5, 5.41) is 7.81. The van der Waals surface area contributed by atoms with Crippen molar-refractivity contribution in [3.8, 4) is 0 Å². The summed E-state index contributed by atoms with van der Waals surface area (Å²) >= 11 is 5.32. The first-order valence-corrected chi connectivity index (χ1v) is 5.04. The van der Waals surface area contributed by atoms with E-state index in [1.807, 2.05) is 0 Å². The molecule has 0 aliphatic rings. The second kappa shape index (κ2) is 5.11. The fourth-order valence-corrected chi connectivity index (χ4v) is 1.52. The van der Waals surface area contributed by atoms with Crippen LogP contribution in [0.25, 0.3) is 0 Å². The van der Waals surface area contributed by atoms with Crippen molar-refractivity contribution in [3.05, 3.63) is 34.1 Å². The summed E-state index contributed by atoms with van der Waals surface area (Å²) < 4.78 is 50.8. The van der Waals surface area contributed by atoms with Crippen LogP contribution in [-0.2, 0) is 17.4 Å². The number of carboxylic acids is 1. The fraction of sp³-hybridized carbons (Fsp3) is 0.300. The summed E-state index contributed by atoms with van der Waals surface area (Å²) in [7, 11) is 0. The van der Waals surface area contributed by atoms with Gasteiger partial charge in [-0.05, 0) is 17.7 Å². The molecule has 0 radical (unpaired) electrons. The Balaban J connectivity index is 3.19. The molecule has 100 valence electrons. The molecule has 0 spiro atoms. The Morgan fingerprint density at radius 2 is 2.00 bits per heavy atom. The lowest BCUT2D eigenvalue weighted by Gasteiger charge is -2.13. The van der Waals surface area contributed by atoms with Gasteiger partial charge in [-0.25, -0.2) is 4.39 Å². The zero-order valence-corrected chi connectivity index (χ0v) is 9.52. The molecule has 0 aliphatic heterocycles.